The topological polar surface area (TPSA) is 80.3 Å². The molecule has 0 aromatic heterocycles. The van der Waals surface area contributed by atoms with Crippen LogP contribution in [0.25, 0.3) is 0 Å². The van der Waals surface area contributed by atoms with Crippen molar-refractivity contribution in [2.24, 2.45) is 0 Å². The molecular formula is C21H27NO4S2. The zero-order valence-corrected chi connectivity index (χ0v) is 18.1. The van der Waals surface area contributed by atoms with Crippen LogP contribution in [-0.4, -0.2) is 39.6 Å². The molecule has 2 aromatic carbocycles. The lowest BCUT2D eigenvalue weighted by molar-refractivity contribution is 0.526. The van der Waals surface area contributed by atoms with Crippen LogP contribution in [0.1, 0.15) is 36.5 Å². The molecule has 2 atom stereocenters. The molecule has 0 aliphatic carbocycles. The molecule has 152 valence electrons. The fourth-order valence-electron chi connectivity index (χ4n) is 3.48. The van der Waals surface area contributed by atoms with Crippen LogP contribution in [0.5, 0.6) is 0 Å². The van der Waals surface area contributed by atoms with Crippen LogP contribution < -0.4 is 5.32 Å². The molecule has 0 bridgehead atoms. The van der Waals surface area contributed by atoms with Gasteiger partial charge in [-0.1, -0.05) is 55.8 Å². The van der Waals surface area contributed by atoms with Crippen molar-refractivity contribution in [2.75, 3.05) is 11.5 Å². The number of hydrogen-bond donors (Lipinski definition) is 1. The maximum absolute atomic E-state index is 13.2. The van der Waals surface area contributed by atoms with Gasteiger partial charge in [-0.2, -0.15) is 0 Å². The molecule has 7 heteroatoms. The van der Waals surface area contributed by atoms with Gasteiger partial charge >= 0.3 is 0 Å². The Labute approximate surface area is 168 Å². The van der Waals surface area contributed by atoms with E-state index < -0.39 is 31.0 Å². The van der Waals surface area contributed by atoms with Crippen molar-refractivity contribution in [1.29, 1.82) is 0 Å². The summed E-state index contributed by atoms with van der Waals surface area (Å²) in [7, 11) is -7.16. The second-order valence-corrected chi connectivity index (χ2v) is 12.2. The van der Waals surface area contributed by atoms with Crippen molar-refractivity contribution in [1.82, 2.24) is 5.32 Å². The minimum absolute atomic E-state index is 0.160. The highest BCUT2D eigenvalue weighted by molar-refractivity contribution is 7.96. The summed E-state index contributed by atoms with van der Waals surface area (Å²) in [6.07, 6.45) is 0. The average Bonchev–Trinajstić information content (AvgIpc) is 2.97. The van der Waals surface area contributed by atoms with Crippen molar-refractivity contribution in [3.63, 3.8) is 0 Å². The summed E-state index contributed by atoms with van der Waals surface area (Å²) in [5, 5.41) is 2.19. The highest BCUT2D eigenvalue weighted by Gasteiger charge is 2.45. The molecule has 0 amide bonds. The molecule has 0 unspecified atom stereocenters. The van der Waals surface area contributed by atoms with Crippen LogP contribution in [0, 0.1) is 6.92 Å². The number of hydrogen-bond acceptors (Lipinski definition) is 5. The predicted octanol–water partition coefficient (Wildman–Crippen LogP) is 2.85. The normalized spacial score (nSPS) is 21.9. The Kier molecular flexibility index (Phi) is 5.98. The Bertz CT molecular complexity index is 1020. The summed E-state index contributed by atoms with van der Waals surface area (Å²) in [6.45, 7) is 6.50. The summed E-state index contributed by atoms with van der Waals surface area (Å²) >= 11 is 0. The van der Waals surface area contributed by atoms with Gasteiger partial charge in [0.1, 0.15) is 0 Å². The molecule has 3 rings (SSSR count). The Morgan fingerprint density at radius 1 is 1.00 bits per heavy atom. The van der Waals surface area contributed by atoms with Gasteiger partial charge in [0.05, 0.1) is 21.7 Å². The van der Waals surface area contributed by atoms with E-state index in [9.17, 15) is 16.8 Å². The first kappa shape index (κ1) is 21.0. The van der Waals surface area contributed by atoms with Gasteiger partial charge in [-0.05, 0) is 36.1 Å². The van der Waals surface area contributed by atoms with Gasteiger partial charge < -0.3 is 5.32 Å². The molecule has 0 spiro atoms. The molecule has 5 nitrogen and oxygen atoms in total. The lowest BCUT2D eigenvalue weighted by Gasteiger charge is -2.20. The van der Waals surface area contributed by atoms with E-state index in [0.717, 1.165) is 16.7 Å². The quantitative estimate of drug-likeness (QED) is 0.776. The maximum Gasteiger partial charge on any atom is 0.183 e. The van der Waals surface area contributed by atoms with E-state index in [2.05, 4.69) is 5.32 Å². The zero-order chi connectivity index (χ0) is 20.5. The summed E-state index contributed by atoms with van der Waals surface area (Å²) in [6, 6.07) is 14.0. The largest absolute Gasteiger partial charge is 0.308 e. The smallest absolute Gasteiger partial charge is 0.183 e. The first-order chi connectivity index (χ1) is 13.1. The number of aryl methyl sites for hydroxylation is 1. The number of rotatable bonds is 6. The number of benzene rings is 2. The van der Waals surface area contributed by atoms with Crippen LogP contribution in [0.2, 0.25) is 0 Å². The highest BCUT2D eigenvalue weighted by atomic mass is 32.2. The Morgan fingerprint density at radius 3 is 2.18 bits per heavy atom. The van der Waals surface area contributed by atoms with Gasteiger partial charge in [0.15, 0.2) is 19.7 Å². The fraction of sp³-hybridized carbons (Fsp3) is 0.429. The molecule has 1 heterocycles. The first-order valence-electron chi connectivity index (χ1n) is 9.42. The van der Waals surface area contributed by atoms with Crippen LogP contribution in [0.3, 0.4) is 0 Å². The summed E-state index contributed by atoms with van der Waals surface area (Å²) in [5.74, 6) is -0.202. The fourth-order valence-corrected chi connectivity index (χ4v) is 8.20. The maximum atomic E-state index is 13.2. The van der Waals surface area contributed by atoms with Crippen molar-refractivity contribution in [2.45, 2.75) is 49.4 Å². The van der Waals surface area contributed by atoms with Gasteiger partial charge in [-0.3, -0.25) is 0 Å². The molecule has 0 radical (unpaired) electrons. The van der Waals surface area contributed by atoms with Crippen LogP contribution >= 0.6 is 0 Å². The Balaban J connectivity index is 1.83. The van der Waals surface area contributed by atoms with Crippen molar-refractivity contribution < 1.29 is 16.8 Å². The average molecular weight is 422 g/mol. The van der Waals surface area contributed by atoms with E-state index in [-0.39, 0.29) is 16.4 Å². The third-order valence-corrected chi connectivity index (χ3v) is 9.43. The first-order valence-corrected chi connectivity index (χ1v) is 12.8. The van der Waals surface area contributed by atoms with Crippen LogP contribution in [-0.2, 0) is 26.2 Å². The highest BCUT2D eigenvalue weighted by Crippen LogP contribution is 2.27. The van der Waals surface area contributed by atoms with E-state index in [1.165, 1.54) is 0 Å². The van der Waals surface area contributed by atoms with Gasteiger partial charge in [-0.25, -0.2) is 16.8 Å². The number of nitrogens with one attached hydrogen (secondary N) is 1. The summed E-state index contributed by atoms with van der Waals surface area (Å²) < 4.78 is 50.8. The molecular weight excluding hydrogens is 394 g/mol. The lowest BCUT2D eigenvalue weighted by atomic mass is 10.0. The van der Waals surface area contributed by atoms with Gasteiger partial charge in [0, 0.05) is 12.6 Å². The second-order valence-electron chi connectivity index (χ2n) is 7.86. The summed E-state index contributed by atoms with van der Waals surface area (Å²) in [4.78, 5) is 0.182. The predicted molar refractivity (Wildman–Crippen MR) is 112 cm³/mol. The Morgan fingerprint density at radius 2 is 1.61 bits per heavy atom. The van der Waals surface area contributed by atoms with Gasteiger partial charge in [0.2, 0.25) is 0 Å². The minimum Gasteiger partial charge on any atom is -0.308 e. The van der Waals surface area contributed by atoms with Crippen molar-refractivity contribution >= 4 is 19.7 Å². The molecule has 28 heavy (non-hydrogen) atoms. The van der Waals surface area contributed by atoms with Crippen LogP contribution in [0.4, 0.5) is 0 Å². The molecule has 0 saturated carbocycles. The van der Waals surface area contributed by atoms with E-state index in [1.54, 1.807) is 24.3 Å². The standard InChI is InChI=1S/C21H27NO4S2/c1-15(2)18-8-10-19(11-9-18)28(25,26)21-14-27(23,24)13-20(21)22-12-17-6-4-16(3)5-7-17/h4-11,15,20-22H,12-14H2,1-3H3/t20-,21-/m0/s1. The van der Waals surface area contributed by atoms with Crippen molar-refractivity contribution in [3.8, 4) is 0 Å². The lowest BCUT2D eigenvalue weighted by Crippen LogP contribution is -2.43. The van der Waals surface area contributed by atoms with Gasteiger partial charge in [-0.15, -0.1) is 0 Å². The Hall–Kier alpha value is -1.70. The molecule has 1 fully saturated rings. The SMILES string of the molecule is Cc1ccc(CN[C@H]2CS(=O)(=O)C[C@@H]2S(=O)(=O)c2ccc(C(C)C)cc2)cc1. The minimum atomic E-state index is -3.75. The molecule has 2 aromatic rings. The van der Waals surface area contributed by atoms with Gasteiger partial charge in [0.25, 0.3) is 0 Å². The third-order valence-electron chi connectivity index (χ3n) is 5.26. The zero-order valence-electron chi connectivity index (χ0n) is 16.4. The monoisotopic (exact) mass is 421 g/mol. The molecule has 1 saturated heterocycles. The summed E-state index contributed by atoms with van der Waals surface area (Å²) in [5.41, 5.74) is 3.18. The second kappa shape index (κ2) is 7.97. The van der Waals surface area contributed by atoms with Crippen LogP contribution in [0.15, 0.2) is 53.4 Å². The molecule has 1 aliphatic rings. The third kappa shape index (κ3) is 4.64. The van der Waals surface area contributed by atoms with E-state index >= 15 is 0 Å². The van der Waals surface area contributed by atoms with E-state index in [0.29, 0.717) is 12.5 Å². The molecule has 1 aliphatic heterocycles. The van der Waals surface area contributed by atoms with E-state index in [4.69, 9.17) is 0 Å². The molecule has 1 N–H and O–H groups in total. The number of sulfone groups is 2. The van der Waals surface area contributed by atoms with Crippen molar-refractivity contribution in [3.05, 3.63) is 65.2 Å². The van der Waals surface area contributed by atoms with E-state index in [1.807, 2.05) is 45.0 Å².